The fourth-order valence-corrected chi connectivity index (χ4v) is 3.14. The minimum Gasteiger partial charge on any atom is -0.469 e. The standard InChI is InChI=1S/C22H35N5O3/c1-22(2,3)19-16-25-20(30-19)17-26-21(24-9-7-18-6-4-13-29-18)23-8-5-10-27-11-14-28-15-12-27/h4,6,13,16H,5,7-12,14-15,17H2,1-3H3,(H2,23,24,26). The van der Waals surface area contributed by atoms with Crippen molar-refractivity contribution in [2.75, 3.05) is 45.9 Å². The number of aliphatic imine (C=N–C) groups is 1. The SMILES string of the molecule is CC(C)(C)c1cnc(CN=C(NCCCN2CCOCC2)NCCc2ccco2)o1. The molecule has 0 unspecified atom stereocenters. The highest BCUT2D eigenvalue weighted by molar-refractivity contribution is 5.79. The molecular formula is C22H35N5O3. The third-order valence-corrected chi connectivity index (χ3v) is 4.96. The normalized spacial score (nSPS) is 16.0. The highest BCUT2D eigenvalue weighted by atomic mass is 16.5. The van der Waals surface area contributed by atoms with Crippen LogP contribution in [0.1, 0.15) is 44.6 Å². The first-order chi connectivity index (χ1) is 14.5. The van der Waals surface area contributed by atoms with Gasteiger partial charge < -0.3 is 24.2 Å². The topological polar surface area (TPSA) is 88.1 Å². The Morgan fingerprint density at radius 3 is 2.70 bits per heavy atom. The Morgan fingerprint density at radius 1 is 1.20 bits per heavy atom. The molecule has 1 aliphatic heterocycles. The summed E-state index contributed by atoms with van der Waals surface area (Å²) in [6.45, 7) is 13.1. The van der Waals surface area contributed by atoms with E-state index >= 15 is 0 Å². The molecule has 0 aliphatic carbocycles. The lowest BCUT2D eigenvalue weighted by atomic mass is 9.94. The number of furan rings is 1. The van der Waals surface area contributed by atoms with Gasteiger partial charge in [0.15, 0.2) is 5.96 Å². The van der Waals surface area contributed by atoms with Crippen LogP contribution < -0.4 is 10.6 Å². The number of nitrogens with zero attached hydrogens (tertiary/aromatic N) is 3. The molecule has 166 valence electrons. The maximum absolute atomic E-state index is 5.86. The van der Waals surface area contributed by atoms with Gasteiger partial charge in [-0.3, -0.25) is 4.90 Å². The summed E-state index contributed by atoms with van der Waals surface area (Å²) in [5.74, 6) is 3.22. The summed E-state index contributed by atoms with van der Waals surface area (Å²) < 4.78 is 16.7. The van der Waals surface area contributed by atoms with Gasteiger partial charge >= 0.3 is 0 Å². The van der Waals surface area contributed by atoms with Crippen LogP contribution >= 0.6 is 0 Å². The van der Waals surface area contributed by atoms with Crippen LogP contribution in [0.2, 0.25) is 0 Å². The maximum atomic E-state index is 5.86. The fourth-order valence-electron chi connectivity index (χ4n) is 3.14. The molecule has 3 heterocycles. The number of ether oxygens (including phenoxy) is 1. The largest absolute Gasteiger partial charge is 0.469 e. The van der Waals surface area contributed by atoms with Gasteiger partial charge in [0.2, 0.25) is 5.89 Å². The van der Waals surface area contributed by atoms with Crippen LogP contribution in [0.15, 0.2) is 38.4 Å². The van der Waals surface area contributed by atoms with Crippen LogP contribution in [-0.2, 0) is 23.1 Å². The second-order valence-corrected chi connectivity index (χ2v) is 8.52. The number of aromatic nitrogens is 1. The lowest BCUT2D eigenvalue weighted by molar-refractivity contribution is 0.0376. The first-order valence-electron chi connectivity index (χ1n) is 10.8. The molecule has 30 heavy (non-hydrogen) atoms. The molecule has 8 nitrogen and oxygen atoms in total. The summed E-state index contributed by atoms with van der Waals surface area (Å²) >= 11 is 0. The average Bonchev–Trinajstić information content (AvgIpc) is 3.41. The molecule has 8 heteroatoms. The Hall–Kier alpha value is -2.32. The van der Waals surface area contributed by atoms with Crippen LogP contribution in [0.25, 0.3) is 0 Å². The van der Waals surface area contributed by atoms with Crippen molar-refractivity contribution >= 4 is 5.96 Å². The Labute approximate surface area is 179 Å². The Balaban J connectivity index is 1.49. The summed E-state index contributed by atoms with van der Waals surface area (Å²) in [7, 11) is 0. The molecule has 1 saturated heterocycles. The van der Waals surface area contributed by atoms with E-state index in [0.717, 1.165) is 76.3 Å². The van der Waals surface area contributed by atoms with Gasteiger partial charge in [-0.25, -0.2) is 9.98 Å². The van der Waals surface area contributed by atoms with Crippen molar-refractivity contribution < 1.29 is 13.6 Å². The van der Waals surface area contributed by atoms with Crippen molar-refractivity contribution in [3.63, 3.8) is 0 Å². The van der Waals surface area contributed by atoms with E-state index in [4.69, 9.17) is 13.6 Å². The molecule has 2 aromatic heterocycles. The van der Waals surface area contributed by atoms with Crippen molar-refractivity contribution in [2.24, 2.45) is 4.99 Å². The molecule has 3 rings (SSSR count). The van der Waals surface area contributed by atoms with Crippen molar-refractivity contribution in [1.82, 2.24) is 20.5 Å². The minimum atomic E-state index is -0.0587. The van der Waals surface area contributed by atoms with Crippen LogP contribution in [0.3, 0.4) is 0 Å². The van der Waals surface area contributed by atoms with Gasteiger partial charge in [0.05, 0.1) is 25.7 Å². The first kappa shape index (κ1) is 22.4. The van der Waals surface area contributed by atoms with E-state index in [2.05, 4.69) is 46.3 Å². The zero-order valence-corrected chi connectivity index (χ0v) is 18.4. The van der Waals surface area contributed by atoms with E-state index in [-0.39, 0.29) is 5.41 Å². The fraction of sp³-hybridized carbons (Fsp3) is 0.636. The molecule has 0 atom stereocenters. The third kappa shape index (κ3) is 7.50. The van der Waals surface area contributed by atoms with Gasteiger partial charge in [-0.15, -0.1) is 0 Å². The predicted molar refractivity (Wildman–Crippen MR) is 117 cm³/mol. The van der Waals surface area contributed by atoms with Gasteiger partial charge in [-0.2, -0.15) is 0 Å². The molecule has 0 spiro atoms. The molecule has 0 radical (unpaired) electrons. The highest BCUT2D eigenvalue weighted by Crippen LogP contribution is 2.22. The van der Waals surface area contributed by atoms with E-state index < -0.39 is 0 Å². The van der Waals surface area contributed by atoms with E-state index in [1.54, 1.807) is 12.5 Å². The number of guanidine groups is 1. The molecule has 2 N–H and O–H groups in total. The van der Waals surface area contributed by atoms with Gasteiger partial charge in [0.25, 0.3) is 0 Å². The van der Waals surface area contributed by atoms with Crippen LogP contribution in [0, 0.1) is 0 Å². The molecule has 0 bridgehead atoms. The number of hydrogen-bond acceptors (Lipinski definition) is 6. The molecular weight excluding hydrogens is 382 g/mol. The van der Waals surface area contributed by atoms with E-state index in [1.807, 2.05) is 12.1 Å². The summed E-state index contributed by atoms with van der Waals surface area (Å²) in [6.07, 6.45) is 5.34. The molecule has 1 fully saturated rings. The first-order valence-corrected chi connectivity index (χ1v) is 10.8. The quantitative estimate of drug-likeness (QED) is 0.368. The summed E-state index contributed by atoms with van der Waals surface area (Å²) in [4.78, 5) is 11.5. The number of morpholine rings is 1. The van der Waals surface area contributed by atoms with Crippen molar-refractivity contribution in [1.29, 1.82) is 0 Å². The zero-order valence-electron chi connectivity index (χ0n) is 18.4. The average molecular weight is 418 g/mol. The van der Waals surface area contributed by atoms with Gasteiger partial charge in [0.1, 0.15) is 18.1 Å². The van der Waals surface area contributed by atoms with Crippen molar-refractivity contribution in [3.05, 3.63) is 42.0 Å². The number of rotatable bonds is 9. The lowest BCUT2D eigenvalue weighted by Crippen LogP contribution is -2.41. The number of nitrogens with one attached hydrogen (secondary N) is 2. The summed E-state index contributed by atoms with van der Waals surface area (Å²) in [6, 6.07) is 3.89. The van der Waals surface area contributed by atoms with Crippen LogP contribution in [0.4, 0.5) is 0 Å². The Morgan fingerprint density at radius 2 is 2.00 bits per heavy atom. The highest BCUT2D eigenvalue weighted by Gasteiger charge is 2.19. The van der Waals surface area contributed by atoms with Crippen LogP contribution in [-0.4, -0.2) is 61.8 Å². The third-order valence-electron chi connectivity index (χ3n) is 4.96. The van der Waals surface area contributed by atoms with Crippen molar-refractivity contribution in [2.45, 2.75) is 45.6 Å². The second kappa shape index (κ2) is 11.2. The maximum Gasteiger partial charge on any atom is 0.216 e. The van der Waals surface area contributed by atoms with Gasteiger partial charge in [0, 0.05) is 38.0 Å². The van der Waals surface area contributed by atoms with E-state index in [9.17, 15) is 0 Å². The lowest BCUT2D eigenvalue weighted by Gasteiger charge is -2.26. The van der Waals surface area contributed by atoms with E-state index in [1.165, 1.54) is 0 Å². The molecule has 0 saturated carbocycles. The summed E-state index contributed by atoms with van der Waals surface area (Å²) in [5.41, 5.74) is -0.0587. The monoisotopic (exact) mass is 417 g/mol. The number of oxazole rings is 1. The number of hydrogen-bond donors (Lipinski definition) is 2. The summed E-state index contributed by atoms with van der Waals surface area (Å²) in [5, 5.41) is 6.81. The van der Waals surface area contributed by atoms with E-state index in [0.29, 0.717) is 12.4 Å². The molecule has 0 amide bonds. The Kier molecular flexibility index (Phi) is 8.33. The Bertz CT molecular complexity index is 758. The smallest absolute Gasteiger partial charge is 0.216 e. The second-order valence-electron chi connectivity index (χ2n) is 8.52. The van der Waals surface area contributed by atoms with Crippen LogP contribution in [0.5, 0.6) is 0 Å². The zero-order chi connectivity index (χ0) is 21.2. The molecule has 1 aliphatic rings. The molecule has 2 aromatic rings. The van der Waals surface area contributed by atoms with Crippen molar-refractivity contribution in [3.8, 4) is 0 Å². The predicted octanol–water partition coefficient (Wildman–Crippen LogP) is 2.57. The van der Waals surface area contributed by atoms with Gasteiger partial charge in [-0.1, -0.05) is 20.8 Å². The molecule has 0 aromatic carbocycles. The van der Waals surface area contributed by atoms with Gasteiger partial charge in [-0.05, 0) is 25.1 Å². The minimum absolute atomic E-state index is 0.0587.